The highest BCUT2D eigenvalue weighted by atomic mass is 16.3. The highest BCUT2D eigenvalue weighted by Gasteiger charge is 2.60. The second-order valence-electron chi connectivity index (χ2n) is 7.77. The van der Waals surface area contributed by atoms with Gasteiger partial charge in [-0.3, -0.25) is 9.79 Å². The fraction of sp³-hybridized carbons (Fsp3) is 0.867. The number of amides is 1. The summed E-state index contributed by atoms with van der Waals surface area (Å²) in [5.74, 6) is 3.49. The van der Waals surface area contributed by atoms with E-state index in [1.807, 2.05) is 4.90 Å². The van der Waals surface area contributed by atoms with Crippen molar-refractivity contribution in [1.29, 1.82) is 0 Å². The lowest BCUT2D eigenvalue weighted by Gasteiger charge is -2.43. The van der Waals surface area contributed by atoms with Crippen LogP contribution in [0.4, 0.5) is 0 Å². The fourth-order valence-corrected chi connectivity index (χ4v) is 5.55. The van der Waals surface area contributed by atoms with Crippen molar-refractivity contribution in [3.63, 3.8) is 0 Å². The molecular weight excluding hydrogens is 262 g/mol. The van der Waals surface area contributed by atoms with Crippen molar-refractivity contribution in [3.8, 4) is 0 Å². The molecule has 0 aromatic heterocycles. The van der Waals surface area contributed by atoms with Crippen molar-refractivity contribution >= 4 is 26.1 Å². The summed E-state index contributed by atoms with van der Waals surface area (Å²) < 4.78 is 0. The number of carbonyl (C=O) groups is 1. The summed E-state index contributed by atoms with van der Waals surface area (Å²) in [6.45, 7) is 0.946. The molecule has 7 atom stereocenters. The Morgan fingerprint density at radius 2 is 2.10 bits per heavy atom. The van der Waals surface area contributed by atoms with Crippen LogP contribution < -0.4 is 0 Å². The molecule has 3 aliphatic heterocycles. The van der Waals surface area contributed by atoms with Gasteiger partial charge in [-0.25, -0.2) is 0 Å². The number of aliphatic hydroxyl groups is 1. The Kier molecular flexibility index (Phi) is 2.52. The number of aliphatic hydroxyl groups excluding tert-OH is 1. The first-order chi connectivity index (χ1) is 10.1. The van der Waals surface area contributed by atoms with E-state index < -0.39 is 0 Å². The van der Waals surface area contributed by atoms with Gasteiger partial charge >= 0.3 is 0 Å². The molecule has 2 aliphatic carbocycles. The summed E-state index contributed by atoms with van der Waals surface area (Å²) in [6.07, 6.45) is 4.87. The lowest BCUT2D eigenvalue weighted by atomic mass is 9.45. The van der Waals surface area contributed by atoms with Gasteiger partial charge in [-0.1, -0.05) is 0 Å². The number of hydrogen-bond acceptors (Lipinski definition) is 3. The van der Waals surface area contributed by atoms with E-state index in [0.29, 0.717) is 17.7 Å². The van der Waals surface area contributed by atoms with Crippen LogP contribution in [0.5, 0.6) is 0 Å². The smallest absolute Gasteiger partial charge is 0.231 e. The van der Waals surface area contributed by atoms with Gasteiger partial charge in [0.2, 0.25) is 5.91 Å². The Morgan fingerprint density at radius 3 is 2.95 bits per heavy atom. The average molecular weight is 282 g/mol. The maximum Gasteiger partial charge on any atom is 0.231 e. The van der Waals surface area contributed by atoms with Gasteiger partial charge in [0.25, 0.3) is 0 Å². The van der Waals surface area contributed by atoms with E-state index in [9.17, 15) is 9.90 Å². The Morgan fingerprint density at radius 1 is 1.29 bits per heavy atom. The maximum absolute atomic E-state index is 12.7. The summed E-state index contributed by atoms with van der Waals surface area (Å²) in [7, 11) is 6.06. The first-order valence-corrected chi connectivity index (χ1v) is 8.48. The first kappa shape index (κ1) is 12.7. The minimum absolute atomic E-state index is 0.129. The monoisotopic (exact) mass is 282 g/mol. The number of aliphatic imine (C=N–C) groups is 1. The standard InChI is InChI=1S/C15H20B2N2O2/c16-17-11-6-19-14(18-13(11)17)12-9(15(19)21)4-2-7-1-3-8(20)5-10(7)12/h7-13,20H,1-6H2/t7?,8?,9?,10?,11-,12?,13+/m1/s1. The van der Waals surface area contributed by atoms with E-state index in [0.717, 1.165) is 44.5 Å². The van der Waals surface area contributed by atoms with E-state index >= 15 is 0 Å². The molecule has 5 rings (SSSR count). The molecule has 4 fully saturated rings. The van der Waals surface area contributed by atoms with Gasteiger partial charge in [0.05, 0.1) is 6.10 Å². The van der Waals surface area contributed by atoms with E-state index in [4.69, 9.17) is 12.7 Å². The first-order valence-electron chi connectivity index (χ1n) is 8.48. The SMILES string of the molecule is [B]B1[C@H]2N=C3C4C(CCC5CCC(O)CC54)C(=O)N3C[C@@H]12. The molecule has 2 radical (unpaired) electrons. The summed E-state index contributed by atoms with van der Waals surface area (Å²) in [6, 6.07) is 0. The van der Waals surface area contributed by atoms with Crippen molar-refractivity contribution in [2.75, 3.05) is 6.54 Å². The molecule has 0 bridgehead atoms. The zero-order valence-corrected chi connectivity index (χ0v) is 12.2. The summed E-state index contributed by atoms with van der Waals surface area (Å²) in [4.78, 5) is 19.6. The van der Waals surface area contributed by atoms with Gasteiger partial charge in [-0.2, -0.15) is 0 Å². The Balaban J connectivity index is 1.53. The largest absolute Gasteiger partial charge is 0.393 e. The van der Waals surface area contributed by atoms with Crippen molar-refractivity contribution in [3.05, 3.63) is 0 Å². The number of nitrogens with zero attached hydrogens (tertiary/aromatic N) is 2. The van der Waals surface area contributed by atoms with Gasteiger partial charge in [0, 0.05) is 32.1 Å². The molecule has 3 heterocycles. The second kappa shape index (κ2) is 4.15. The van der Waals surface area contributed by atoms with Crippen LogP contribution in [-0.2, 0) is 4.79 Å². The minimum atomic E-state index is -0.186. The van der Waals surface area contributed by atoms with Crippen molar-refractivity contribution < 1.29 is 9.90 Å². The van der Waals surface area contributed by atoms with Gasteiger partial charge in [-0.15, -0.1) is 0 Å². The molecule has 21 heavy (non-hydrogen) atoms. The van der Waals surface area contributed by atoms with Crippen LogP contribution in [0.1, 0.15) is 32.1 Å². The summed E-state index contributed by atoms with van der Waals surface area (Å²) >= 11 is 0. The van der Waals surface area contributed by atoms with Crippen LogP contribution in [0, 0.1) is 23.7 Å². The molecule has 108 valence electrons. The summed E-state index contributed by atoms with van der Waals surface area (Å²) in [5.41, 5.74) is 0. The molecular formula is C15H20B2N2O2. The van der Waals surface area contributed by atoms with Gasteiger partial charge in [0.1, 0.15) is 12.4 Å². The van der Waals surface area contributed by atoms with Crippen molar-refractivity contribution in [1.82, 2.24) is 4.90 Å². The fourth-order valence-electron chi connectivity index (χ4n) is 5.55. The predicted molar refractivity (Wildman–Crippen MR) is 81.2 cm³/mol. The predicted octanol–water partition coefficient (Wildman–Crippen LogP) is 0.496. The topological polar surface area (TPSA) is 52.9 Å². The van der Waals surface area contributed by atoms with Crippen LogP contribution >= 0.6 is 0 Å². The van der Waals surface area contributed by atoms with Gasteiger partial charge < -0.3 is 10.0 Å². The van der Waals surface area contributed by atoms with Crippen LogP contribution in [0.25, 0.3) is 0 Å². The zero-order chi connectivity index (χ0) is 14.3. The average Bonchev–Trinajstić information content (AvgIpc) is 3.03. The van der Waals surface area contributed by atoms with Crippen LogP contribution in [0.15, 0.2) is 4.99 Å². The number of rotatable bonds is 0. The van der Waals surface area contributed by atoms with Crippen LogP contribution in [0.2, 0.25) is 5.82 Å². The maximum atomic E-state index is 12.7. The van der Waals surface area contributed by atoms with Gasteiger partial charge in [-0.05, 0) is 49.8 Å². The Labute approximate surface area is 126 Å². The Hall–Kier alpha value is -0.770. The quantitative estimate of drug-likeness (QED) is 0.658. The molecule has 0 aromatic rings. The lowest BCUT2D eigenvalue weighted by Crippen LogP contribution is -2.42. The van der Waals surface area contributed by atoms with Crippen LogP contribution in [-0.4, -0.2) is 54.7 Å². The normalized spacial score (nSPS) is 50.8. The molecule has 6 heteroatoms. The third-order valence-electron chi connectivity index (χ3n) is 6.78. The third-order valence-corrected chi connectivity index (χ3v) is 6.78. The Bertz CT molecular complexity index is 540. The summed E-state index contributed by atoms with van der Waals surface area (Å²) in [5, 5.41) is 10.1. The molecule has 1 amide bonds. The number of carbonyl (C=O) groups excluding carboxylic acids is 1. The van der Waals surface area contributed by atoms with Crippen LogP contribution in [0.3, 0.4) is 0 Å². The van der Waals surface area contributed by atoms with E-state index in [1.165, 1.54) is 0 Å². The number of fused-ring (bicyclic) bond motifs is 6. The molecule has 2 saturated carbocycles. The molecule has 2 saturated heterocycles. The minimum Gasteiger partial charge on any atom is -0.393 e. The molecule has 1 N–H and O–H groups in total. The lowest BCUT2D eigenvalue weighted by molar-refractivity contribution is -0.131. The molecule has 0 aromatic carbocycles. The van der Waals surface area contributed by atoms with E-state index in [1.54, 1.807) is 0 Å². The van der Waals surface area contributed by atoms with E-state index in [-0.39, 0.29) is 36.4 Å². The molecule has 0 spiro atoms. The molecule has 4 nitrogen and oxygen atoms in total. The third kappa shape index (κ3) is 1.63. The highest BCUT2D eigenvalue weighted by Crippen LogP contribution is 2.53. The van der Waals surface area contributed by atoms with Crippen molar-refractivity contribution in [2.45, 2.75) is 50.0 Å². The van der Waals surface area contributed by atoms with E-state index in [2.05, 4.69) is 0 Å². The van der Waals surface area contributed by atoms with Gasteiger partial charge in [0.15, 0.2) is 0 Å². The zero-order valence-electron chi connectivity index (χ0n) is 12.2. The van der Waals surface area contributed by atoms with Crippen molar-refractivity contribution in [2.24, 2.45) is 28.7 Å². The molecule has 5 unspecified atom stereocenters. The second-order valence-corrected chi connectivity index (χ2v) is 7.77. The number of amidine groups is 1. The highest BCUT2D eigenvalue weighted by molar-refractivity contribution is 7.12. The molecule has 5 aliphatic rings. The number of hydrogen-bond donors (Lipinski definition) is 1.